The van der Waals surface area contributed by atoms with Crippen LogP contribution in [0.25, 0.3) is 43.4 Å². The number of rotatable bonds is 5. The average Bonchev–Trinajstić information content (AvgIpc) is 3.04. The number of hydrogen-bond donors (Lipinski definition) is 0. The minimum absolute atomic E-state index is 0.0731. The number of benzene rings is 7. The molecule has 0 amide bonds. The lowest BCUT2D eigenvalue weighted by Gasteiger charge is -2.26. The fraction of sp³-hybridized carbons (Fsp3) is 0.163. The van der Waals surface area contributed by atoms with Crippen molar-refractivity contribution in [2.45, 2.75) is 41.5 Å². The average molecular weight is 617 g/mol. The highest BCUT2D eigenvalue weighted by molar-refractivity contribution is 6.97. The summed E-state index contributed by atoms with van der Waals surface area (Å²) in [5.74, 6) is 0.772. The van der Waals surface area contributed by atoms with Crippen molar-refractivity contribution in [2.75, 3.05) is 7.11 Å². The molecule has 3 heteroatoms. The molecule has 0 radical (unpaired) electrons. The van der Waals surface area contributed by atoms with Gasteiger partial charge in [0.15, 0.2) is 0 Å². The molecule has 7 rings (SSSR count). The van der Waals surface area contributed by atoms with Crippen molar-refractivity contribution in [2.24, 2.45) is 0 Å². The molecule has 46 heavy (non-hydrogen) atoms. The van der Waals surface area contributed by atoms with Gasteiger partial charge in [0.25, 0.3) is 0 Å². The van der Waals surface area contributed by atoms with Gasteiger partial charge in [-0.1, -0.05) is 129 Å². The van der Waals surface area contributed by atoms with Crippen LogP contribution < -0.4 is 21.1 Å². The summed E-state index contributed by atoms with van der Waals surface area (Å²) < 4.78 is 5.85. The lowest BCUT2D eigenvalue weighted by molar-refractivity contribution is 0.416. The normalized spacial score (nSPS) is 11.5. The first-order valence-electron chi connectivity index (χ1n) is 16.0. The number of aryl methyl sites for hydroxylation is 6. The second kappa shape index (κ2) is 11.7. The van der Waals surface area contributed by atoms with Crippen molar-refractivity contribution >= 4 is 67.0 Å². The number of halogens is 1. The second-order valence-electron chi connectivity index (χ2n) is 13.0. The Morgan fingerprint density at radius 1 is 0.478 bits per heavy atom. The predicted octanol–water partition coefficient (Wildman–Crippen LogP) is 9.84. The molecule has 226 valence electrons. The Morgan fingerprint density at radius 3 is 1.74 bits per heavy atom. The summed E-state index contributed by atoms with van der Waals surface area (Å²) in [7, 11) is 1.71. The molecule has 0 aliphatic carbocycles. The van der Waals surface area contributed by atoms with Gasteiger partial charge in [-0.15, -0.1) is 0 Å². The SMILES string of the molecule is COc1cc(Cl)ccc1-c1cc2c3ccccc3c(B(c3cc(C)c(C)cc3C)c3c(C)cc(C)cc3C)cc2c2ccccc12. The molecule has 0 spiro atoms. The maximum Gasteiger partial charge on any atom is 0.243 e. The topological polar surface area (TPSA) is 9.23 Å². The monoisotopic (exact) mass is 616 g/mol. The van der Waals surface area contributed by atoms with E-state index in [1.54, 1.807) is 7.11 Å². The van der Waals surface area contributed by atoms with Crippen molar-refractivity contribution in [1.82, 2.24) is 0 Å². The van der Waals surface area contributed by atoms with Gasteiger partial charge in [-0.3, -0.25) is 0 Å². The summed E-state index contributed by atoms with van der Waals surface area (Å²) >= 11 is 6.40. The summed E-state index contributed by atoms with van der Waals surface area (Å²) in [5.41, 5.74) is 14.2. The van der Waals surface area contributed by atoms with Crippen molar-refractivity contribution < 1.29 is 4.74 Å². The first-order chi connectivity index (χ1) is 22.2. The molecule has 0 unspecified atom stereocenters. The second-order valence-corrected chi connectivity index (χ2v) is 13.4. The van der Waals surface area contributed by atoms with Crippen molar-refractivity contribution in [3.63, 3.8) is 0 Å². The van der Waals surface area contributed by atoms with Gasteiger partial charge < -0.3 is 4.74 Å². The maximum atomic E-state index is 6.40. The molecular formula is C43H38BClO. The lowest BCUT2D eigenvalue weighted by Crippen LogP contribution is -2.55. The number of methoxy groups -OCH3 is 1. The van der Waals surface area contributed by atoms with Crippen LogP contribution in [0.1, 0.15) is 33.4 Å². The van der Waals surface area contributed by atoms with Crippen LogP contribution in [0.4, 0.5) is 0 Å². The number of fused-ring (bicyclic) bond motifs is 5. The molecular weight excluding hydrogens is 579 g/mol. The van der Waals surface area contributed by atoms with Crippen molar-refractivity contribution in [3.8, 4) is 16.9 Å². The van der Waals surface area contributed by atoms with Gasteiger partial charge in [-0.2, -0.15) is 0 Å². The Bertz CT molecular complexity index is 2310. The predicted molar refractivity (Wildman–Crippen MR) is 202 cm³/mol. The Labute approximate surface area is 277 Å². The van der Waals surface area contributed by atoms with E-state index in [1.165, 1.54) is 82.1 Å². The third kappa shape index (κ3) is 4.97. The quantitative estimate of drug-likeness (QED) is 0.138. The maximum absolute atomic E-state index is 6.40. The number of hydrogen-bond acceptors (Lipinski definition) is 1. The van der Waals surface area contributed by atoms with E-state index in [1.807, 2.05) is 12.1 Å². The van der Waals surface area contributed by atoms with Crippen LogP contribution in [-0.2, 0) is 0 Å². The third-order valence-corrected chi connectivity index (χ3v) is 10.1. The van der Waals surface area contributed by atoms with Gasteiger partial charge in [-0.05, 0) is 115 Å². The van der Waals surface area contributed by atoms with Crippen molar-refractivity contribution in [3.05, 3.63) is 142 Å². The molecule has 0 saturated carbocycles. The highest BCUT2D eigenvalue weighted by atomic mass is 35.5. The van der Waals surface area contributed by atoms with E-state index < -0.39 is 0 Å². The standard InChI is InChI=1S/C43H38BClO/c1-25-18-29(5)43(30(6)19-25)44(40-21-27(3)26(2)20-28(40)4)41-24-39-33-13-9-8-12-32(33)37(36-17-16-31(45)22-42(36)46-7)23-38(39)34-14-10-11-15-35(34)41/h8-24H,1-7H3. The molecule has 0 N–H and O–H groups in total. The fourth-order valence-corrected chi connectivity index (χ4v) is 7.91. The third-order valence-electron chi connectivity index (χ3n) is 9.90. The largest absolute Gasteiger partial charge is 0.496 e. The zero-order valence-corrected chi connectivity index (χ0v) is 28.4. The van der Waals surface area contributed by atoms with Crippen LogP contribution in [0.2, 0.25) is 5.02 Å². The smallest absolute Gasteiger partial charge is 0.243 e. The summed E-state index contributed by atoms with van der Waals surface area (Å²) in [6, 6.07) is 38.0. The number of ether oxygens (including phenoxy) is 1. The first-order valence-corrected chi connectivity index (χ1v) is 16.4. The van der Waals surface area contributed by atoms with E-state index in [2.05, 4.69) is 133 Å². The molecule has 0 heterocycles. The van der Waals surface area contributed by atoms with E-state index in [0.29, 0.717) is 5.02 Å². The molecule has 0 atom stereocenters. The molecule has 0 aromatic heterocycles. The van der Waals surface area contributed by atoms with Crippen LogP contribution in [0.5, 0.6) is 5.75 Å². The van der Waals surface area contributed by atoms with Gasteiger partial charge in [0.2, 0.25) is 6.71 Å². The zero-order chi connectivity index (χ0) is 32.3. The van der Waals surface area contributed by atoms with E-state index >= 15 is 0 Å². The van der Waals surface area contributed by atoms with Gasteiger partial charge in [0.1, 0.15) is 5.75 Å². The van der Waals surface area contributed by atoms with Gasteiger partial charge >= 0.3 is 0 Å². The molecule has 1 nitrogen and oxygen atoms in total. The zero-order valence-electron chi connectivity index (χ0n) is 27.7. The Kier molecular flexibility index (Phi) is 7.66. The lowest BCUT2D eigenvalue weighted by atomic mass is 9.34. The fourth-order valence-electron chi connectivity index (χ4n) is 7.75. The highest BCUT2D eigenvalue weighted by Gasteiger charge is 2.30. The molecule has 0 fully saturated rings. The molecule has 0 saturated heterocycles. The van der Waals surface area contributed by atoms with Crippen LogP contribution in [0.15, 0.2) is 103 Å². The van der Waals surface area contributed by atoms with E-state index in [0.717, 1.165) is 16.9 Å². The van der Waals surface area contributed by atoms with Crippen LogP contribution in [0, 0.1) is 41.5 Å². The first kappa shape index (κ1) is 30.1. The Balaban J connectivity index is 1.64. The molecule has 0 bridgehead atoms. The Hall–Kier alpha value is -4.53. The van der Waals surface area contributed by atoms with Gasteiger partial charge in [0.05, 0.1) is 7.11 Å². The minimum atomic E-state index is 0.0731. The molecule has 0 aliphatic heterocycles. The van der Waals surface area contributed by atoms with Gasteiger partial charge in [-0.25, -0.2) is 0 Å². The van der Waals surface area contributed by atoms with Crippen molar-refractivity contribution in [1.29, 1.82) is 0 Å². The summed E-state index contributed by atoms with van der Waals surface area (Å²) in [5, 5.41) is 8.11. The Morgan fingerprint density at radius 2 is 1.07 bits per heavy atom. The van der Waals surface area contributed by atoms with E-state index in [4.69, 9.17) is 16.3 Å². The van der Waals surface area contributed by atoms with Gasteiger partial charge in [0, 0.05) is 10.6 Å². The summed E-state index contributed by atoms with van der Waals surface area (Å²) in [6.07, 6.45) is 0. The minimum Gasteiger partial charge on any atom is -0.496 e. The van der Waals surface area contributed by atoms with Crippen LogP contribution >= 0.6 is 11.6 Å². The van der Waals surface area contributed by atoms with Crippen LogP contribution in [-0.4, -0.2) is 13.8 Å². The van der Waals surface area contributed by atoms with Crippen LogP contribution in [0.3, 0.4) is 0 Å². The molecule has 7 aromatic carbocycles. The highest BCUT2D eigenvalue weighted by Crippen LogP contribution is 2.41. The van der Waals surface area contributed by atoms with E-state index in [9.17, 15) is 0 Å². The summed E-state index contributed by atoms with van der Waals surface area (Å²) in [4.78, 5) is 0. The van der Waals surface area contributed by atoms with E-state index in [-0.39, 0.29) is 6.71 Å². The molecule has 7 aromatic rings. The molecule has 0 aliphatic rings. The summed E-state index contributed by atoms with van der Waals surface area (Å²) in [6.45, 7) is 13.6.